The highest BCUT2D eigenvalue weighted by Crippen LogP contribution is 2.62. The third-order valence-corrected chi connectivity index (χ3v) is 4.08. The quantitative estimate of drug-likeness (QED) is 0.723. The largest absolute Gasteiger partial charge is 0.497 e. The van der Waals surface area contributed by atoms with Gasteiger partial charge in [-0.25, -0.2) is 0 Å². The number of hydrogen-bond acceptors (Lipinski definition) is 2. The molecule has 3 unspecified atom stereocenters. The first-order chi connectivity index (χ1) is 6.85. The molecule has 1 saturated heterocycles. The lowest BCUT2D eigenvalue weighted by molar-refractivity contribution is 0.295. The lowest BCUT2D eigenvalue weighted by Crippen LogP contribution is -2.20. The van der Waals surface area contributed by atoms with Gasteiger partial charge in [0, 0.05) is 1.43 Å². The molecular formula is C12H19NO. The molecule has 0 spiro atoms. The minimum atomic E-state index is 0. The molecule has 1 heterocycles. The zero-order valence-electron chi connectivity index (χ0n) is 8.62. The molecule has 1 N–H and O–H groups in total. The summed E-state index contributed by atoms with van der Waals surface area (Å²) in [4.78, 5) is 0. The van der Waals surface area contributed by atoms with Gasteiger partial charge in [0.25, 0.3) is 0 Å². The van der Waals surface area contributed by atoms with Gasteiger partial charge in [0.2, 0.25) is 0 Å². The fourth-order valence-electron chi connectivity index (χ4n) is 3.07. The Morgan fingerprint density at radius 3 is 3.21 bits per heavy atom. The summed E-state index contributed by atoms with van der Waals surface area (Å²) < 4.78 is 5.25. The maximum Gasteiger partial charge on any atom is 0.114 e. The summed E-state index contributed by atoms with van der Waals surface area (Å²) in [5, 5.41) is 3.46. The molecule has 3 atom stereocenters. The van der Waals surface area contributed by atoms with Gasteiger partial charge in [-0.05, 0) is 55.3 Å². The van der Waals surface area contributed by atoms with Gasteiger partial charge < -0.3 is 10.1 Å². The Hall–Kier alpha value is -0.760. The Morgan fingerprint density at radius 1 is 1.64 bits per heavy atom. The summed E-state index contributed by atoms with van der Waals surface area (Å²) in [6.07, 6.45) is 9.54. The van der Waals surface area contributed by atoms with Crippen molar-refractivity contribution in [3.63, 3.8) is 0 Å². The van der Waals surface area contributed by atoms with E-state index in [9.17, 15) is 0 Å². The van der Waals surface area contributed by atoms with Gasteiger partial charge in [-0.15, -0.1) is 0 Å². The van der Waals surface area contributed by atoms with Crippen molar-refractivity contribution in [1.82, 2.24) is 5.32 Å². The Balaban J connectivity index is 0.000000853. The van der Waals surface area contributed by atoms with E-state index < -0.39 is 0 Å². The standard InChI is InChI=1S/C12H17NO.H2/c1-14-11-2-4-12(7-10(12)6-11)9-3-5-13-8-9;/h2,4,6,9-10,13H,3,5,7-8H2,1H3;1H. The van der Waals surface area contributed by atoms with Crippen LogP contribution in [0.5, 0.6) is 0 Å². The number of methoxy groups -OCH3 is 1. The number of allylic oxidation sites excluding steroid dienone is 3. The second-order valence-corrected chi connectivity index (χ2v) is 4.72. The predicted octanol–water partition coefficient (Wildman–Crippen LogP) is 1.95. The molecule has 1 saturated carbocycles. The number of nitrogens with one attached hydrogen (secondary N) is 1. The van der Waals surface area contributed by atoms with Gasteiger partial charge in [-0.1, -0.05) is 6.08 Å². The Morgan fingerprint density at radius 2 is 2.57 bits per heavy atom. The zero-order valence-corrected chi connectivity index (χ0v) is 8.62. The van der Waals surface area contributed by atoms with Crippen LogP contribution in [0.1, 0.15) is 14.3 Å². The van der Waals surface area contributed by atoms with Gasteiger partial charge in [0.05, 0.1) is 7.11 Å². The highest BCUT2D eigenvalue weighted by atomic mass is 16.5. The molecule has 2 nitrogen and oxygen atoms in total. The van der Waals surface area contributed by atoms with E-state index in [0.717, 1.165) is 17.6 Å². The van der Waals surface area contributed by atoms with Crippen LogP contribution in [0, 0.1) is 17.3 Å². The maximum absolute atomic E-state index is 5.25. The first-order valence-corrected chi connectivity index (χ1v) is 5.51. The molecule has 0 aromatic rings. The summed E-state index contributed by atoms with van der Waals surface area (Å²) in [6.45, 7) is 2.41. The molecule has 78 valence electrons. The predicted molar refractivity (Wildman–Crippen MR) is 57.9 cm³/mol. The van der Waals surface area contributed by atoms with E-state index >= 15 is 0 Å². The molecular weight excluding hydrogens is 174 g/mol. The second-order valence-electron chi connectivity index (χ2n) is 4.72. The first-order valence-electron chi connectivity index (χ1n) is 5.51. The van der Waals surface area contributed by atoms with Crippen LogP contribution >= 0.6 is 0 Å². The lowest BCUT2D eigenvalue weighted by Gasteiger charge is -2.22. The number of ether oxygens (including phenoxy) is 1. The molecule has 3 aliphatic rings. The third-order valence-electron chi connectivity index (χ3n) is 4.08. The molecule has 2 fully saturated rings. The summed E-state index contributed by atoms with van der Waals surface area (Å²) in [6, 6.07) is 0. The summed E-state index contributed by atoms with van der Waals surface area (Å²) >= 11 is 0. The van der Waals surface area contributed by atoms with E-state index in [2.05, 4.69) is 23.5 Å². The van der Waals surface area contributed by atoms with Crippen molar-refractivity contribution in [1.29, 1.82) is 0 Å². The minimum Gasteiger partial charge on any atom is -0.497 e. The van der Waals surface area contributed by atoms with Gasteiger partial charge in [-0.2, -0.15) is 0 Å². The highest BCUT2D eigenvalue weighted by molar-refractivity contribution is 5.34. The van der Waals surface area contributed by atoms with Crippen LogP contribution in [0.25, 0.3) is 0 Å². The average Bonchev–Trinajstić information content (AvgIpc) is 2.70. The van der Waals surface area contributed by atoms with E-state index in [1.54, 1.807) is 7.11 Å². The van der Waals surface area contributed by atoms with Gasteiger partial charge in [0.1, 0.15) is 5.76 Å². The molecule has 0 radical (unpaired) electrons. The lowest BCUT2D eigenvalue weighted by atomic mass is 9.84. The molecule has 0 aromatic carbocycles. The fraction of sp³-hybridized carbons (Fsp3) is 0.667. The van der Waals surface area contributed by atoms with Crippen LogP contribution in [-0.4, -0.2) is 20.2 Å². The molecule has 3 rings (SSSR count). The molecule has 0 amide bonds. The molecule has 2 aliphatic carbocycles. The summed E-state index contributed by atoms with van der Waals surface area (Å²) in [5.74, 6) is 2.67. The highest BCUT2D eigenvalue weighted by Gasteiger charge is 2.57. The molecule has 2 heteroatoms. The third kappa shape index (κ3) is 1.07. The topological polar surface area (TPSA) is 21.3 Å². The van der Waals surface area contributed by atoms with Crippen LogP contribution in [0.3, 0.4) is 0 Å². The van der Waals surface area contributed by atoms with Gasteiger partial charge in [-0.3, -0.25) is 0 Å². The van der Waals surface area contributed by atoms with Crippen LogP contribution in [0.4, 0.5) is 0 Å². The Labute approximate surface area is 86.5 Å². The van der Waals surface area contributed by atoms with E-state index in [1.165, 1.54) is 25.9 Å². The average molecular weight is 193 g/mol. The van der Waals surface area contributed by atoms with Crippen LogP contribution in [-0.2, 0) is 4.74 Å². The fourth-order valence-corrected chi connectivity index (χ4v) is 3.07. The summed E-state index contributed by atoms with van der Waals surface area (Å²) in [5.41, 5.74) is 0.505. The van der Waals surface area contributed by atoms with E-state index in [1.807, 2.05) is 0 Å². The van der Waals surface area contributed by atoms with Crippen molar-refractivity contribution in [3.05, 3.63) is 24.0 Å². The second kappa shape index (κ2) is 2.86. The van der Waals surface area contributed by atoms with Crippen molar-refractivity contribution in [2.45, 2.75) is 12.8 Å². The summed E-state index contributed by atoms with van der Waals surface area (Å²) in [7, 11) is 1.75. The van der Waals surface area contributed by atoms with E-state index in [4.69, 9.17) is 4.74 Å². The van der Waals surface area contributed by atoms with Crippen molar-refractivity contribution in [2.75, 3.05) is 20.2 Å². The molecule has 0 aromatic heterocycles. The van der Waals surface area contributed by atoms with Crippen LogP contribution in [0.2, 0.25) is 0 Å². The number of hydrogen-bond donors (Lipinski definition) is 1. The normalized spacial score (nSPS) is 44.5. The molecule has 0 bridgehead atoms. The van der Waals surface area contributed by atoms with Crippen molar-refractivity contribution < 1.29 is 6.16 Å². The van der Waals surface area contributed by atoms with Gasteiger partial charge >= 0.3 is 0 Å². The maximum atomic E-state index is 5.25. The number of rotatable bonds is 2. The minimum absolute atomic E-state index is 0. The van der Waals surface area contributed by atoms with Crippen LogP contribution < -0.4 is 5.32 Å². The molecule has 1 aliphatic heterocycles. The van der Waals surface area contributed by atoms with E-state index in [-0.39, 0.29) is 1.43 Å². The van der Waals surface area contributed by atoms with Crippen molar-refractivity contribution in [3.8, 4) is 0 Å². The van der Waals surface area contributed by atoms with Crippen molar-refractivity contribution >= 4 is 0 Å². The smallest absolute Gasteiger partial charge is 0.114 e. The first kappa shape index (κ1) is 8.54. The zero-order chi connectivity index (χ0) is 9.60. The van der Waals surface area contributed by atoms with Crippen molar-refractivity contribution in [2.24, 2.45) is 17.3 Å². The Kier molecular flexibility index (Phi) is 1.75. The SMILES string of the molecule is COC1=CC2CC2(C2CCNC2)C=C1.[HH]. The monoisotopic (exact) mass is 193 g/mol. The van der Waals surface area contributed by atoms with E-state index in [0.29, 0.717) is 5.41 Å². The Bertz CT molecular complexity index is 307. The molecule has 14 heavy (non-hydrogen) atoms. The number of fused-ring (bicyclic) bond motifs is 1. The van der Waals surface area contributed by atoms with Gasteiger partial charge in [0.15, 0.2) is 0 Å². The van der Waals surface area contributed by atoms with Crippen LogP contribution in [0.15, 0.2) is 24.0 Å².